The van der Waals surface area contributed by atoms with E-state index in [1.165, 1.54) is 51.6 Å². The first-order chi connectivity index (χ1) is 7.31. The maximum absolute atomic E-state index is 5.73. The van der Waals surface area contributed by atoms with Crippen LogP contribution >= 0.6 is 0 Å². The van der Waals surface area contributed by atoms with Gasteiger partial charge in [0.15, 0.2) is 0 Å². The molecular weight excluding hydrogens is 184 g/mol. The van der Waals surface area contributed by atoms with Gasteiger partial charge in [0.2, 0.25) is 0 Å². The van der Waals surface area contributed by atoms with Crippen molar-refractivity contribution in [2.45, 2.75) is 51.5 Å². The lowest BCUT2D eigenvalue weighted by Crippen LogP contribution is -2.41. The van der Waals surface area contributed by atoms with Crippen LogP contribution in [0.15, 0.2) is 0 Å². The summed E-state index contributed by atoms with van der Waals surface area (Å²) in [6.07, 6.45) is 8.38. The molecule has 1 saturated heterocycles. The predicted octanol–water partition coefficient (Wildman–Crippen LogP) is 2.24. The summed E-state index contributed by atoms with van der Waals surface area (Å²) in [7, 11) is 0. The highest BCUT2D eigenvalue weighted by Crippen LogP contribution is 2.33. The molecule has 15 heavy (non-hydrogen) atoms. The quantitative estimate of drug-likeness (QED) is 0.774. The van der Waals surface area contributed by atoms with Gasteiger partial charge < -0.3 is 5.73 Å². The van der Waals surface area contributed by atoms with Gasteiger partial charge in [-0.2, -0.15) is 0 Å². The molecule has 1 heterocycles. The average Bonchev–Trinajstić information content (AvgIpc) is 2.66. The molecule has 3 atom stereocenters. The minimum absolute atomic E-state index is 0.868. The lowest BCUT2D eigenvalue weighted by Gasteiger charge is -2.38. The Morgan fingerprint density at radius 3 is 2.67 bits per heavy atom. The molecule has 0 aromatic rings. The van der Waals surface area contributed by atoms with E-state index >= 15 is 0 Å². The second kappa shape index (κ2) is 5.31. The monoisotopic (exact) mass is 210 g/mol. The second-order valence-corrected chi connectivity index (χ2v) is 5.58. The molecule has 2 fully saturated rings. The maximum atomic E-state index is 5.73. The maximum Gasteiger partial charge on any atom is 0.0124 e. The Hall–Kier alpha value is -0.0800. The van der Waals surface area contributed by atoms with E-state index in [4.69, 9.17) is 5.73 Å². The Bertz CT molecular complexity index is 186. The average molecular weight is 210 g/mol. The molecule has 0 radical (unpaired) electrons. The summed E-state index contributed by atoms with van der Waals surface area (Å²) in [6.45, 7) is 5.95. The van der Waals surface area contributed by atoms with Gasteiger partial charge in [-0.05, 0) is 50.6 Å². The lowest BCUT2D eigenvalue weighted by atomic mass is 9.81. The van der Waals surface area contributed by atoms with Gasteiger partial charge in [-0.1, -0.05) is 19.8 Å². The van der Waals surface area contributed by atoms with Crippen LogP contribution < -0.4 is 5.73 Å². The third-order valence-corrected chi connectivity index (χ3v) is 4.33. The normalized spacial score (nSPS) is 38.4. The van der Waals surface area contributed by atoms with Crippen LogP contribution in [0.1, 0.15) is 45.4 Å². The molecule has 88 valence electrons. The first-order valence-electron chi connectivity index (χ1n) is 6.75. The minimum atomic E-state index is 0.868. The third kappa shape index (κ3) is 2.73. The largest absolute Gasteiger partial charge is 0.330 e. The minimum Gasteiger partial charge on any atom is -0.330 e. The summed E-state index contributed by atoms with van der Waals surface area (Å²) >= 11 is 0. The molecule has 0 bridgehead atoms. The Kier molecular flexibility index (Phi) is 4.04. The molecule has 2 N–H and O–H groups in total. The highest BCUT2D eigenvalue weighted by Gasteiger charge is 2.32. The van der Waals surface area contributed by atoms with E-state index in [-0.39, 0.29) is 0 Å². The van der Waals surface area contributed by atoms with Gasteiger partial charge in [0, 0.05) is 12.6 Å². The Labute approximate surface area is 94.2 Å². The zero-order valence-electron chi connectivity index (χ0n) is 10.1. The fraction of sp³-hybridized carbons (Fsp3) is 1.00. The SMILES string of the molecule is CC1CCN(C2CCCCC2CCN)C1. The number of rotatable bonds is 3. The van der Waals surface area contributed by atoms with E-state index in [2.05, 4.69) is 11.8 Å². The van der Waals surface area contributed by atoms with Crippen molar-refractivity contribution in [3.63, 3.8) is 0 Å². The number of hydrogen-bond donors (Lipinski definition) is 1. The fourth-order valence-corrected chi connectivity index (χ4v) is 3.49. The van der Waals surface area contributed by atoms with Crippen molar-refractivity contribution in [3.05, 3.63) is 0 Å². The molecule has 2 rings (SSSR count). The lowest BCUT2D eigenvalue weighted by molar-refractivity contribution is 0.120. The molecule has 1 aliphatic carbocycles. The summed E-state index contributed by atoms with van der Waals surface area (Å²) in [4.78, 5) is 2.75. The number of nitrogens with two attached hydrogens (primary N) is 1. The van der Waals surface area contributed by atoms with Crippen LogP contribution in [0.3, 0.4) is 0 Å². The van der Waals surface area contributed by atoms with Gasteiger partial charge in [-0.25, -0.2) is 0 Å². The Morgan fingerprint density at radius 1 is 1.20 bits per heavy atom. The standard InChI is InChI=1S/C13H26N2/c1-11-7-9-15(10-11)13-5-3-2-4-12(13)6-8-14/h11-13H,2-10,14H2,1H3. The first-order valence-corrected chi connectivity index (χ1v) is 6.75. The van der Waals surface area contributed by atoms with Crippen molar-refractivity contribution < 1.29 is 0 Å². The van der Waals surface area contributed by atoms with Crippen molar-refractivity contribution in [1.29, 1.82) is 0 Å². The summed E-state index contributed by atoms with van der Waals surface area (Å²) in [6, 6.07) is 0.868. The highest BCUT2D eigenvalue weighted by atomic mass is 15.2. The molecule has 0 amide bonds. The second-order valence-electron chi connectivity index (χ2n) is 5.58. The zero-order valence-corrected chi connectivity index (χ0v) is 10.1. The van der Waals surface area contributed by atoms with Crippen LogP contribution in [0.4, 0.5) is 0 Å². The molecule has 2 aliphatic rings. The van der Waals surface area contributed by atoms with Crippen LogP contribution in [0.2, 0.25) is 0 Å². The van der Waals surface area contributed by atoms with Crippen LogP contribution in [-0.4, -0.2) is 30.6 Å². The molecule has 0 aromatic carbocycles. The van der Waals surface area contributed by atoms with Gasteiger partial charge >= 0.3 is 0 Å². The predicted molar refractivity (Wildman–Crippen MR) is 64.8 cm³/mol. The van der Waals surface area contributed by atoms with E-state index < -0.39 is 0 Å². The third-order valence-electron chi connectivity index (χ3n) is 4.33. The van der Waals surface area contributed by atoms with Crippen molar-refractivity contribution in [2.24, 2.45) is 17.6 Å². The topological polar surface area (TPSA) is 29.3 Å². The number of likely N-dealkylation sites (tertiary alicyclic amines) is 1. The van der Waals surface area contributed by atoms with Gasteiger partial charge in [0.05, 0.1) is 0 Å². The summed E-state index contributed by atoms with van der Waals surface area (Å²) in [5.74, 6) is 1.82. The van der Waals surface area contributed by atoms with Crippen molar-refractivity contribution in [1.82, 2.24) is 4.90 Å². The summed E-state index contributed by atoms with van der Waals surface area (Å²) < 4.78 is 0. The van der Waals surface area contributed by atoms with Gasteiger partial charge in [0.1, 0.15) is 0 Å². The number of hydrogen-bond acceptors (Lipinski definition) is 2. The van der Waals surface area contributed by atoms with Crippen molar-refractivity contribution >= 4 is 0 Å². The summed E-state index contributed by atoms with van der Waals surface area (Å²) in [5.41, 5.74) is 5.73. The van der Waals surface area contributed by atoms with E-state index in [1.807, 2.05) is 0 Å². The van der Waals surface area contributed by atoms with Crippen LogP contribution in [0.25, 0.3) is 0 Å². The van der Waals surface area contributed by atoms with Crippen molar-refractivity contribution in [2.75, 3.05) is 19.6 Å². The summed E-state index contributed by atoms with van der Waals surface area (Å²) in [5, 5.41) is 0. The molecule has 1 saturated carbocycles. The zero-order chi connectivity index (χ0) is 10.7. The molecule has 0 aromatic heterocycles. The molecule has 3 unspecified atom stereocenters. The Morgan fingerprint density at radius 2 is 2.00 bits per heavy atom. The van der Waals surface area contributed by atoms with Gasteiger partial charge in [-0.15, -0.1) is 0 Å². The van der Waals surface area contributed by atoms with E-state index in [0.717, 1.165) is 24.4 Å². The van der Waals surface area contributed by atoms with Crippen LogP contribution in [-0.2, 0) is 0 Å². The van der Waals surface area contributed by atoms with Gasteiger partial charge in [-0.3, -0.25) is 4.90 Å². The van der Waals surface area contributed by atoms with Crippen molar-refractivity contribution in [3.8, 4) is 0 Å². The molecule has 1 aliphatic heterocycles. The molecule has 2 nitrogen and oxygen atoms in total. The Balaban J connectivity index is 1.92. The molecular formula is C13H26N2. The smallest absolute Gasteiger partial charge is 0.0124 e. The van der Waals surface area contributed by atoms with Crippen LogP contribution in [0, 0.1) is 11.8 Å². The van der Waals surface area contributed by atoms with E-state index in [9.17, 15) is 0 Å². The van der Waals surface area contributed by atoms with Crippen LogP contribution in [0.5, 0.6) is 0 Å². The highest BCUT2D eigenvalue weighted by molar-refractivity contribution is 4.87. The fourth-order valence-electron chi connectivity index (χ4n) is 3.49. The molecule has 2 heteroatoms. The number of nitrogens with zero attached hydrogens (tertiary/aromatic N) is 1. The van der Waals surface area contributed by atoms with Gasteiger partial charge in [0.25, 0.3) is 0 Å². The van der Waals surface area contributed by atoms with E-state index in [0.29, 0.717) is 0 Å². The first kappa shape index (κ1) is 11.4. The van der Waals surface area contributed by atoms with E-state index in [1.54, 1.807) is 0 Å². The molecule has 0 spiro atoms.